The Morgan fingerprint density at radius 3 is 2.70 bits per heavy atom. The van der Waals surface area contributed by atoms with Crippen LogP contribution in [0.3, 0.4) is 0 Å². The van der Waals surface area contributed by atoms with Gasteiger partial charge in [0.1, 0.15) is 6.04 Å². The van der Waals surface area contributed by atoms with Crippen molar-refractivity contribution in [3.05, 3.63) is 23.8 Å². The Hall–Kier alpha value is -2.45. The highest BCUT2D eigenvalue weighted by Crippen LogP contribution is 2.33. The highest BCUT2D eigenvalue weighted by molar-refractivity contribution is 5.90. The van der Waals surface area contributed by atoms with Crippen molar-refractivity contribution in [1.29, 1.82) is 0 Å². The molecule has 1 aromatic carbocycles. The fraction of sp³-hybridized carbons (Fsp3) is 0.556. The number of nitrogens with zero attached hydrogens (tertiary/aromatic N) is 2. The molecule has 0 unspecified atom stereocenters. The molecule has 0 radical (unpaired) electrons. The number of benzene rings is 1. The van der Waals surface area contributed by atoms with E-state index in [2.05, 4.69) is 0 Å². The molecule has 0 bridgehead atoms. The van der Waals surface area contributed by atoms with E-state index in [1.54, 1.807) is 13.1 Å². The van der Waals surface area contributed by atoms with Gasteiger partial charge in [-0.3, -0.25) is 9.59 Å². The molecule has 0 N–H and O–H groups in total. The van der Waals surface area contributed by atoms with Crippen molar-refractivity contribution in [3.8, 4) is 11.5 Å². The number of alkyl halides is 3. The normalized spacial score (nSPS) is 19.9. The van der Waals surface area contributed by atoms with E-state index in [1.807, 2.05) is 19.1 Å². The molecule has 3 rings (SSSR count). The highest BCUT2D eigenvalue weighted by Gasteiger charge is 2.48. The van der Waals surface area contributed by atoms with Crippen LogP contribution < -0.4 is 9.47 Å². The molecule has 2 heterocycles. The van der Waals surface area contributed by atoms with Gasteiger partial charge in [-0.25, -0.2) is 0 Å². The number of likely N-dealkylation sites (tertiary alicyclic amines) is 1. The smallest absolute Gasteiger partial charge is 0.454 e. The minimum absolute atomic E-state index is 0.0564. The quantitative estimate of drug-likeness (QED) is 0.797. The molecule has 27 heavy (non-hydrogen) atoms. The Morgan fingerprint density at radius 1 is 1.30 bits per heavy atom. The minimum Gasteiger partial charge on any atom is -0.454 e. The lowest BCUT2D eigenvalue weighted by molar-refractivity contribution is -0.187. The summed E-state index contributed by atoms with van der Waals surface area (Å²) in [4.78, 5) is 26.4. The summed E-state index contributed by atoms with van der Waals surface area (Å²) in [6.45, 7) is 1.92. The van der Waals surface area contributed by atoms with Gasteiger partial charge in [0.25, 0.3) is 0 Å². The zero-order valence-electron chi connectivity index (χ0n) is 15.1. The van der Waals surface area contributed by atoms with Crippen LogP contribution >= 0.6 is 0 Å². The third kappa shape index (κ3) is 3.96. The van der Waals surface area contributed by atoms with Crippen molar-refractivity contribution < 1.29 is 32.2 Å². The van der Waals surface area contributed by atoms with E-state index >= 15 is 0 Å². The Labute approximate surface area is 154 Å². The summed E-state index contributed by atoms with van der Waals surface area (Å²) in [5, 5.41) is 0. The molecular formula is C18H21F3N2O4. The second-order valence-corrected chi connectivity index (χ2v) is 6.84. The summed E-state index contributed by atoms with van der Waals surface area (Å²) in [6.07, 6.45) is -3.86. The maximum atomic E-state index is 12.8. The number of likely N-dealkylation sites (N-methyl/N-ethyl adjacent to an activating group) is 1. The molecule has 2 amide bonds. The van der Waals surface area contributed by atoms with Crippen LogP contribution in [0.4, 0.5) is 13.2 Å². The van der Waals surface area contributed by atoms with Gasteiger partial charge in [0.2, 0.25) is 12.7 Å². The zero-order chi connectivity index (χ0) is 19.8. The average molecular weight is 386 g/mol. The lowest BCUT2D eigenvalue weighted by Gasteiger charge is -2.32. The second kappa shape index (κ2) is 7.28. The Morgan fingerprint density at radius 2 is 2.00 bits per heavy atom. The van der Waals surface area contributed by atoms with Gasteiger partial charge < -0.3 is 19.3 Å². The third-order valence-electron chi connectivity index (χ3n) is 5.02. The number of carbonyl (C=O) groups is 2. The van der Waals surface area contributed by atoms with E-state index in [9.17, 15) is 22.8 Å². The topological polar surface area (TPSA) is 59.1 Å². The van der Waals surface area contributed by atoms with Crippen molar-refractivity contribution in [2.24, 2.45) is 0 Å². The molecular weight excluding hydrogens is 365 g/mol. The Kier molecular flexibility index (Phi) is 5.21. The van der Waals surface area contributed by atoms with E-state index in [-0.39, 0.29) is 25.8 Å². The molecule has 2 atom stereocenters. The molecule has 1 aromatic rings. The van der Waals surface area contributed by atoms with Gasteiger partial charge in [-0.15, -0.1) is 0 Å². The first-order valence-electron chi connectivity index (χ1n) is 8.71. The molecule has 0 saturated carbocycles. The summed E-state index contributed by atoms with van der Waals surface area (Å²) >= 11 is 0. The van der Waals surface area contributed by atoms with Crippen LogP contribution in [0.25, 0.3) is 0 Å². The van der Waals surface area contributed by atoms with Crippen LogP contribution in [0.1, 0.15) is 25.3 Å². The molecule has 148 valence electrons. The lowest BCUT2D eigenvalue weighted by atomic mass is 10.0. The van der Waals surface area contributed by atoms with Crippen molar-refractivity contribution in [2.45, 2.75) is 44.4 Å². The van der Waals surface area contributed by atoms with Gasteiger partial charge in [0, 0.05) is 19.6 Å². The van der Waals surface area contributed by atoms with Crippen LogP contribution in [-0.4, -0.2) is 60.3 Å². The van der Waals surface area contributed by atoms with Crippen LogP contribution in [0, 0.1) is 0 Å². The van der Waals surface area contributed by atoms with Gasteiger partial charge >= 0.3 is 12.1 Å². The number of rotatable bonds is 4. The maximum Gasteiger partial charge on any atom is 0.471 e. The molecule has 1 fully saturated rings. The molecule has 0 spiro atoms. The Bertz CT molecular complexity index is 738. The number of hydrogen-bond acceptors (Lipinski definition) is 4. The predicted molar refractivity (Wildman–Crippen MR) is 89.3 cm³/mol. The van der Waals surface area contributed by atoms with E-state index < -0.39 is 24.0 Å². The summed E-state index contributed by atoms with van der Waals surface area (Å²) in [6, 6.07) is 4.14. The van der Waals surface area contributed by atoms with E-state index in [0.29, 0.717) is 29.2 Å². The van der Waals surface area contributed by atoms with Crippen LogP contribution in [0.15, 0.2) is 18.2 Å². The fourth-order valence-corrected chi connectivity index (χ4v) is 3.43. The van der Waals surface area contributed by atoms with Crippen LogP contribution in [-0.2, 0) is 16.0 Å². The maximum absolute atomic E-state index is 12.8. The van der Waals surface area contributed by atoms with E-state index in [4.69, 9.17) is 9.47 Å². The first-order valence-corrected chi connectivity index (χ1v) is 8.71. The first-order chi connectivity index (χ1) is 12.7. The summed E-state index contributed by atoms with van der Waals surface area (Å²) in [7, 11) is 1.55. The average Bonchev–Trinajstić information content (AvgIpc) is 3.27. The standard InChI is InChI=1S/C18H21F3N2O4/c1-11(8-12-5-6-14-15(9-12)27-10-26-14)22(2)16(24)13-4-3-7-23(13)17(25)18(19,20)21/h5-6,9,11,13H,3-4,7-8,10H2,1-2H3/t11-,13-/m0/s1. The molecule has 0 aliphatic carbocycles. The number of ether oxygens (including phenoxy) is 2. The van der Waals surface area contributed by atoms with Gasteiger partial charge in [-0.2, -0.15) is 13.2 Å². The molecule has 2 aliphatic heterocycles. The summed E-state index contributed by atoms with van der Waals surface area (Å²) in [5.74, 6) is -1.14. The van der Waals surface area contributed by atoms with Gasteiger partial charge in [-0.1, -0.05) is 6.07 Å². The highest BCUT2D eigenvalue weighted by atomic mass is 19.4. The van der Waals surface area contributed by atoms with E-state index in [1.165, 1.54) is 4.90 Å². The van der Waals surface area contributed by atoms with Gasteiger partial charge in [0.15, 0.2) is 11.5 Å². The van der Waals surface area contributed by atoms with Crippen molar-refractivity contribution in [1.82, 2.24) is 9.80 Å². The van der Waals surface area contributed by atoms with Gasteiger partial charge in [0.05, 0.1) is 0 Å². The van der Waals surface area contributed by atoms with Crippen LogP contribution in [0.5, 0.6) is 11.5 Å². The Balaban J connectivity index is 1.66. The minimum atomic E-state index is -4.97. The molecule has 0 aromatic heterocycles. The molecule has 9 heteroatoms. The number of amides is 2. The largest absolute Gasteiger partial charge is 0.471 e. The summed E-state index contributed by atoms with van der Waals surface area (Å²) < 4.78 is 48.9. The first kappa shape index (κ1) is 19.3. The second-order valence-electron chi connectivity index (χ2n) is 6.84. The van der Waals surface area contributed by atoms with Crippen molar-refractivity contribution in [3.63, 3.8) is 0 Å². The number of hydrogen-bond donors (Lipinski definition) is 0. The predicted octanol–water partition coefficient (Wildman–Crippen LogP) is 2.36. The van der Waals surface area contributed by atoms with Gasteiger partial charge in [-0.05, 0) is 43.9 Å². The zero-order valence-corrected chi connectivity index (χ0v) is 15.1. The SMILES string of the molecule is C[C@@H](Cc1ccc2c(c1)OCO2)N(C)C(=O)[C@@H]1CCCN1C(=O)C(F)(F)F. The molecule has 6 nitrogen and oxygen atoms in total. The number of halogens is 3. The van der Waals surface area contributed by atoms with Crippen molar-refractivity contribution >= 4 is 11.8 Å². The van der Waals surface area contributed by atoms with Crippen molar-refractivity contribution in [2.75, 3.05) is 20.4 Å². The fourth-order valence-electron chi connectivity index (χ4n) is 3.43. The van der Waals surface area contributed by atoms with Crippen LogP contribution in [0.2, 0.25) is 0 Å². The third-order valence-corrected chi connectivity index (χ3v) is 5.02. The monoisotopic (exact) mass is 386 g/mol. The molecule has 1 saturated heterocycles. The van der Waals surface area contributed by atoms with E-state index in [0.717, 1.165) is 5.56 Å². The molecule has 2 aliphatic rings. The number of fused-ring (bicyclic) bond motifs is 1. The lowest BCUT2D eigenvalue weighted by Crippen LogP contribution is -2.52. The summed E-state index contributed by atoms with van der Waals surface area (Å²) in [5.41, 5.74) is 0.918. The number of carbonyl (C=O) groups excluding carboxylic acids is 2.